The van der Waals surface area contributed by atoms with Crippen molar-refractivity contribution in [3.8, 4) is 15.8 Å². The van der Waals surface area contributed by atoms with E-state index in [9.17, 15) is 4.79 Å². The number of carboxylic acid groups (broad SMARTS) is 1. The normalized spacial score (nSPS) is 11.1. The van der Waals surface area contributed by atoms with Crippen LogP contribution >= 0.6 is 22.7 Å². The molecule has 0 saturated heterocycles. The van der Waals surface area contributed by atoms with Crippen molar-refractivity contribution >= 4 is 34.7 Å². The number of thiophene rings is 2. The second-order valence-corrected chi connectivity index (χ2v) is 5.09. The highest BCUT2D eigenvalue weighted by atomic mass is 32.1. The first kappa shape index (κ1) is 11.6. The largest absolute Gasteiger partial charge is 0.477 e. The molecule has 0 atom stereocenters. The van der Waals surface area contributed by atoms with Gasteiger partial charge in [-0.3, -0.25) is 0 Å². The van der Waals surface area contributed by atoms with Crippen molar-refractivity contribution < 1.29 is 9.90 Å². The van der Waals surface area contributed by atoms with E-state index in [1.165, 1.54) is 28.7 Å². The van der Waals surface area contributed by atoms with Gasteiger partial charge < -0.3 is 5.11 Å². The van der Waals surface area contributed by atoms with E-state index >= 15 is 0 Å². The molecule has 2 rings (SSSR count). The Bertz CT molecular complexity index is 603. The summed E-state index contributed by atoms with van der Waals surface area (Å²) in [6.45, 7) is 0. The van der Waals surface area contributed by atoms with Crippen molar-refractivity contribution in [3.63, 3.8) is 0 Å². The lowest BCUT2D eigenvalue weighted by atomic mass is 10.2. The summed E-state index contributed by atoms with van der Waals surface area (Å²) < 4.78 is 0. The molecule has 2 aromatic rings. The Kier molecular flexibility index (Phi) is 3.38. The number of hydrogen-bond donors (Lipinski definition) is 1. The van der Waals surface area contributed by atoms with Gasteiger partial charge in [0.2, 0.25) is 0 Å². The van der Waals surface area contributed by atoms with E-state index in [0.717, 1.165) is 14.6 Å². The van der Waals surface area contributed by atoms with Crippen molar-refractivity contribution in [2.45, 2.75) is 0 Å². The van der Waals surface area contributed by atoms with Crippen LogP contribution in [0.15, 0.2) is 29.8 Å². The second kappa shape index (κ2) is 4.95. The average molecular weight is 260 g/mol. The van der Waals surface area contributed by atoms with Crippen LogP contribution in [0.4, 0.5) is 0 Å². The van der Waals surface area contributed by atoms with Crippen LogP contribution in [0.1, 0.15) is 4.88 Å². The fraction of sp³-hybridized carbons (Fsp3) is 0. The van der Waals surface area contributed by atoms with Gasteiger partial charge in [0, 0.05) is 20.0 Å². The molecule has 17 heavy (non-hydrogen) atoms. The third-order valence-electron chi connectivity index (χ3n) is 1.98. The van der Waals surface area contributed by atoms with Crippen LogP contribution in [0.5, 0.6) is 0 Å². The minimum atomic E-state index is -1.20. The first-order chi connectivity index (χ1) is 8.20. The average Bonchev–Trinajstić information content (AvgIpc) is 2.95. The Morgan fingerprint density at radius 3 is 2.82 bits per heavy atom. The molecule has 83 valence electrons. The molecule has 0 aliphatic heterocycles. The van der Waals surface area contributed by atoms with E-state index in [-0.39, 0.29) is 5.57 Å². The minimum absolute atomic E-state index is 0.254. The lowest BCUT2D eigenvalue weighted by molar-refractivity contribution is -0.132. The maximum atomic E-state index is 10.7. The van der Waals surface area contributed by atoms with Crippen molar-refractivity contribution in [2.75, 3.05) is 0 Å². The zero-order valence-corrected chi connectivity index (χ0v) is 10.1. The zero-order valence-electron chi connectivity index (χ0n) is 8.51. The summed E-state index contributed by atoms with van der Waals surface area (Å²) in [5.74, 6) is -1.20. The number of hydrogen-bond acceptors (Lipinski definition) is 4. The van der Waals surface area contributed by atoms with Crippen molar-refractivity contribution in [1.29, 1.82) is 5.26 Å². The second-order valence-electron chi connectivity index (χ2n) is 3.09. The maximum Gasteiger partial charge on any atom is 0.346 e. The molecule has 0 amide bonds. The van der Waals surface area contributed by atoms with E-state index in [4.69, 9.17) is 10.4 Å². The molecule has 0 spiro atoms. The molecule has 5 heteroatoms. The van der Waals surface area contributed by atoms with Gasteiger partial charge in [-0.25, -0.2) is 4.79 Å². The molecule has 2 heterocycles. The van der Waals surface area contributed by atoms with Crippen LogP contribution in [0.3, 0.4) is 0 Å². The monoisotopic (exact) mass is 260 g/mol. The molecule has 2 aromatic heterocycles. The van der Waals surface area contributed by atoms with Crippen molar-refractivity contribution in [2.24, 2.45) is 0 Å². The van der Waals surface area contributed by atoms with Crippen LogP contribution in [0.25, 0.3) is 15.8 Å². The van der Waals surface area contributed by atoms with Crippen LogP contribution in [0, 0.1) is 16.7 Å². The van der Waals surface area contributed by atoms with Crippen LogP contribution < -0.4 is 0 Å². The fourth-order valence-electron chi connectivity index (χ4n) is 1.22. The van der Waals surface area contributed by atoms with E-state index in [1.807, 2.05) is 18.2 Å². The Morgan fingerprint density at radius 2 is 2.24 bits per heavy atom. The van der Waals surface area contributed by atoms with Gasteiger partial charge in [-0.2, -0.15) is 5.26 Å². The van der Waals surface area contributed by atoms with E-state index in [0.29, 0.717) is 0 Å². The molecule has 0 unspecified atom stereocenters. The van der Waals surface area contributed by atoms with Crippen LogP contribution in [-0.4, -0.2) is 11.1 Å². The standard InChI is InChI=1S/C12H6NO2S2/c13-7-8(12(14)15)6-9-3-4-11(17-9)10-2-1-5-16-10/h1-4,6H,(H,14,15)/b8-6+. The molecule has 0 aromatic carbocycles. The first-order valence-corrected chi connectivity index (χ1v) is 6.25. The van der Waals surface area contributed by atoms with Crippen LogP contribution in [0.2, 0.25) is 0 Å². The Labute approximate surface area is 106 Å². The molecular weight excluding hydrogens is 254 g/mol. The van der Waals surface area contributed by atoms with Gasteiger partial charge in [0.1, 0.15) is 11.6 Å². The quantitative estimate of drug-likeness (QED) is 0.680. The molecular formula is C12H6NO2S2. The number of nitrogens with zero attached hydrogens (tertiary/aromatic N) is 1. The van der Waals surface area contributed by atoms with E-state index in [2.05, 4.69) is 5.38 Å². The summed E-state index contributed by atoms with van der Waals surface area (Å²) in [5, 5.41) is 20.4. The number of rotatable bonds is 3. The Morgan fingerprint density at radius 1 is 1.41 bits per heavy atom. The number of carbonyl (C=O) groups is 1. The minimum Gasteiger partial charge on any atom is -0.477 e. The highest BCUT2D eigenvalue weighted by Gasteiger charge is 2.08. The van der Waals surface area contributed by atoms with E-state index in [1.54, 1.807) is 12.1 Å². The molecule has 1 radical (unpaired) electrons. The fourth-order valence-corrected chi connectivity index (χ4v) is 2.91. The zero-order chi connectivity index (χ0) is 12.3. The lowest BCUT2D eigenvalue weighted by Gasteiger charge is -1.89. The highest BCUT2D eigenvalue weighted by molar-refractivity contribution is 7.21. The Hall–Kier alpha value is -1.90. The molecule has 0 saturated carbocycles. The van der Waals surface area contributed by atoms with Crippen molar-refractivity contribution in [1.82, 2.24) is 0 Å². The van der Waals surface area contributed by atoms with Gasteiger partial charge in [0.15, 0.2) is 0 Å². The summed E-state index contributed by atoms with van der Waals surface area (Å²) in [7, 11) is 0. The van der Waals surface area contributed by atoms with Crippen molar-refractivity contribution in [3.05, 3.63) is 40.1 Å². The third kappa shape index (κ3) is 2.61. The smallest absolute Gasteiger partial charge is 0.346 e. The molecule has 3 nitrogen and oxygen atoms in total. The Balaban J connectivity index is 2.31. The number of carboxylic acids is 1. The van der Waals surface area contributed by atoms with Gasteiger partial charge in [-0.1, -0.05) is 0 Å². The third-order valence-corrected chi connectivity index (χ3v) is 4.00. The highest BCUT2D eigenvalue weighted by Crippen LogP contribution is 2.32. The summed E-state index contributed by atoms with van der Waals surface area (Å²) in [6.07, 6.45) is 1.38. The van der Waals surface area contributed by atoms with Gasteiger partial charge in [0.05, 0.1) is 0 Å². The summed E-state index contributed by atoms with van der Waals surface area (Å²) >= 11 is 2.95. The summed E-state index contributed by atoms with van der Waals surface area (Å²) in [5.41, 5.74) is -0.254. The number of aliphatic carboxylic acids is 1. The van der Waals surface area contributed by atoms with Gasteiger partial charge in [-0.05, 0) is 30.3 Å². The summed E-state index contributed by atoms with van der Waals surface area (Å²) in [4.78, 5) is 13.6. The van der Waals surface area contributed by atoms with Gasteiger partial charge in [0.25, 0.3) is 0 Å². The molecule has 1 N–H and O–H groups in total. The first-order valence-electron chi connectivity index (χ1n) is 4.62. The predicted molar refractivity (Wildman–Crippen MR) is 67.7 cm³/mol. The maximum absolute atomic E-state index is 10.7. The SMILES string of the molecule is N#C/C(=C\c1ccc(-c2cc[c]s2)s1)C(=O)O. The van der Waals surface area contributed by atoms with Gasteiger partial charge >= 0.3 is 5.97 Å². The molecule has 0 fully saturated rings. The van der Waals surface area contributed by atoms with Crippen LogP contribution in [-0.2, 0) is 4.79 Å². The predicted octanol–water partition coefficient (Wildman–Crippen LogP) is 3.27. The lowest BCUT2D eigenvalue weighted by Crippen LogP contribution is -1.96. The van der Waals surface area contributed by atoms with Gasteiger partial charge in [-0.15, -0.1) is 22.7 Å². The van der Waals surface area contributed by atoms with E-state index < -0.39 is 5.97 Å². The molecule has 0 aliphatic rings. The number of nitriles is 1. The summed E-state index contributed by atoms with van der Waals surface area (Å²) in [6, 6.07) is 9.17. The molecule has 0 aliphatic carbocycles. The molecule has 0 bridgehead atoms. The topological polar surface area (TPSA) is 61.1 Å².